The second kappa shape index (κ2) is 15.4. The van der Waals surface area contributed by atoms with Crippen molar-refractivity contribution in [3.8, 4) is 0 Å². The molecule has 11 heteroatoms. The van der Waals surface area contributed by atoms with Crippen LogP contribution >= 0.6 is 0 Å². The second-order valence-electron chi connectivity index (χ2n) is 20.6. The van der Waals surface area contributed by atoms with Gasteiger partial charge in [-0.15, -0.1) is 0 Å². The Bertz CT molecular complexity index is 1460. The summed E-state index contributed by atoms with van der Waals surface area (Å²) in [5.41, 5.74) is 1.81. The first kappa shape index (κ1) is 41.9. The molecule has 2 saturated heterocycles. The van der Waals surface area contributed by atoms with Gasteiger partial charge >= 0.3 is 0 Å². The minimum atomic E-state index is -1.61. The zero-order valence-corrected chi connectivity index (χ0v) is 34.3. The number of nitrogens with one attached hydrogen (secondary N) is 1. The van der Waals surface area contributed by atoms with E-state index in [0.29, 0.717) is 44.1 Å². The number of nitrogens with two attached hydrogens (primary N) is 1. The number of hydrogen-bond donors (Lipinski definition) is 8. The number of allylic oxidation sites excluding steroid dienone is 2. The van der Waals surface area contributed by atoms with Crippen LogP contribution in [0, 0.1) is 70.0 Å². The lowest BCUT2D eigenvalue weighted by Crippen LogP contribution is -2.72. The minimum absolute atomic E-state index is 0.00815. The molecule has 5 aliphatic carbocycles. The molecule has 4 saturated carbocycles. The van der Waals surface area contributed by atoms with Gasteiger partial charge in [0.1, 0.15) is 6.10 Å². The van der Waals surface area contributed by atoms with Gasteiger partial charge in [0, 0.05) is 17.3 Å². The van der Waals surface area contributed by atoms with Crippen LogP contribution in [0.25, 0.3) is 0 Å². The number of piperidine rings is 1. The van der Waals surface area contributed by atoms with Gasteiger partial charge in [0.2, 0.25) is 0 Å². The summed E-state index contributed by atoms with van der Waals surface area (Å²) < 4.78 is 6.32. The van der Waals surface area contributed by atoms with Crippen LogP contribution in [0.5, 0.6) is 0 Å². The van der Waals surface area contributed by atoms with E-state index >= 15 is 4.79 Å². The number of fused-ring (bicyclic) bond motifs is 2. The molecule has 1 spiro atoms. The normalized spacial score (nSPS) is 49.9. The van der Waals surface area contributed by atoms with Gasteiger partial charge in [-0.25, -0.2) is 0 Å². The van der Waals surface area contributed by atoms with Gasteiger partial charge in [0.15, 0.2) is 5.78 Å². The minimum Gasteiger partial charge on any atom is -0.391 e. The molecule has 6 fully saturated rings. The Morgan fingerprint density at radius 1 is 1.07 bits per heavy atom. The Morgan fingerprint density at radius 3 is 2.47 bits per heavy atom. The lowest BCUT2D eigenvalue weighted by atomic mass is 9.38. The molecule has 19 unspecified atom stereocenters. The molecule has 19 atom stereocenters. The number of carbonyl (C=O) groups excluding carboxylic acids is 1. The summed E-state index contributed by atoms with van der Waals surface area (Å²) in [4.78, 5) is 20.0. The maximum Gasteiger partial charge on any atom is 0.180 e. The highest BCUT2D eigenvalue weighted by Gasteiger charge is 2.76. The topological polar surface area (TPSA) is 198 Å². The lowest BCUT2D eigenvalue weighted by molar-refractivity contribution is -0.233. The summed E-state index contributed by atoms with van der Waals surface area (Å²) in [6.45, 7) is 13.3. The number of nitrogens with zero attached hydrogens (tertiary/aromatic N) is 1. The van der Waals surface area contributed by atoms with Gasteiger partial charge in [0.05, 0.1) is 60.6 Å². The molecule has 0 amide bonds. The van der Waals surface area contributed by atoms with Crippen molar-refractivity contribution in [2.45, 2.75) is 160 Å². The van der Waals surface area contributed by atoms with E-state index in [0.717, 1.165) is 38.6 Å². The molecule has 0 radical (unpaired) electrons. The van der Waals surface area contributed by atoms with Gasteiger partial charge < -0.3 is 46.4 Å². The molecule has 2 aliphatic heterocycles. The van der Waals surface area contributed by atoms with Crippen LogP contribution in [0.3, 0.4) is 0 Å². The van der Waals surface area contributed by atoms with Crippen LogP contribution < -0.4 is 11.1 Å². The first-order chi connectivity index (χ1) is 25.9. The molecular weight excluding hydrogens is 698 g/mol. The summed E-state index contributed by atoms with van der Waals surface area (Å²) in [6, 6.07) is 0. The Balaban J connectivity index is 1.29. The Morgan fingerprint density at radius 2 is 1.80 bits per heavy atom. The van der Waals surface area contributed by atoms with Gasteiger partial charge in [0.25, 0.3) is 0 Å². The van der Waals surface area contributed by atoms with Crippen molar-refractivity contribution in [1.82, 2.24) is 5.32 Å². The zero-order chi connectivity index (χ0) is 39.8. The van der Waals surface area contributed by atoms with Crippen LogP contribution in [-0.4, -0.2) is 110 Å². The van der Waals surface area contributed by atoms with Crippen molar-refractivity contribution in [2.75, 3.05) is 19.7 Å². The van der Waals surface area contributed by atoms with Crippen LogP contribution in [0.2, 0.25) is 0 Å². The largest absolute Gasteiger partial charge is 0.391 e. The number of aliphatic hydroxyl groups excluding tert-OH is 4. The number of rotatable bonds is 10. The number of hydrogen-bond acceptors (Lipinski definition) is 11. The van der Waals surface area contributed by atoms with Gasteiger partial charge in [-0.2, -0.15) is 0 Å². The number of carbonyl (C=O) groups is 1. The first-order valence-corrected chi connectivity index (χ1v) is 21.9. The quantitative estimate of drug-likeness (QED) is 0.153. The Kier molecular flexibility index (Phi) is 11.7. The number of ether oxygens (including phenoxy) is 1. The van der Waals surface area contributed by atoms with Crippen molar-refractivity contribution >= 4 is 11.5 Å². The number of aliphatic hydroxyl groups is 6. The smallest absolute Gasteiger partial charge is 0.180 e. The predicted molar refractivity (Wildman–Crippen MR) is 211 cm³/mol. The third-order valence-corrected chi connectivity index (χ3v) is 16.9. The van der Waals surface area contributed by atoms with Crippen LogP contribution in [0.15, 0.2) is 17.1 Å². The molecule has 312 valence electrons. The highest BCUT2D eigenvalue weighted by molar-refractivity contribution is 6.42. The van der Waals surface area contributed by atoms with Crippen molar-refractivity contribution < 1.29 is 40.2 Å². The van der Waals surface area contributed by atoms with Gasteiger partial charge in [-0.3, -0.25) is 9.79 Å². The molecule has 2 heterocycles. The lowest BCUT2D eigenvalue weighted by Gasteiger charge is -2.66. The van der Waals surface area contributed by atoms with Crippen molar-refractivity contribution in [2.24, 2.45) is 80.7 Å². The average molecular weight is 772 g/mol. The van der Waals surface area contributed by atoms with Crippen LogP contribution in [0.4, 0.5) is 0 Å². The monoisotopic (exact) mass is 772 g/mol. The summed E-state index contributed by atoms with van der Waals surface area (Å²) >= 11 is 0. The molecule has 11 nitrogen and oxygen atoms in total. The van der Waals surface area contributed by atoms with E-state index in [1.165, 1.54) is 0 Å². The van der Waals surface area contributed by atoms with E-state index in [2.05, 4.69) is 38.2 Å². The second-order valence-corrected chi connectivity index (χ2v) is 20.6. The highest BCUT2D eigenvalue weighted by atomic mass is 16.5. The first-order valence-electron chi connectivity index (χ1n) is 21.9. The maximum atomic E-state index is 15.1. The van der Waals surface area contributed by atoms with E-state index in [-0.39, 0.29) is 66.6 Å². The molecule has 0 aromatic rings. The van der Waals surface area contributed by atoms with Crippen LogP contribution in [-0.2, 0) is 9.53 Å². The van der Waals surface area contributed by atoms with E-state index in [9.17, 15) is 30.6 Å². The van der Waals surface area contributed by atoms with E-state index < -0.39 is 70.3 Å². The molecule has 0 aromatic heterocycles. The molecule has 9 N–H and O–H groups in total. The molecule has 7 aliphatic rings. The van der Waals surface area contributed by atoms with Gasteiger partial charge in [-0.05, 0) is 131 Å². The Labute approximate surface area is 329 Å². The molecule has 0 aromatic carbocycles. The van der Waals surface area contributed by atoms with Crippen molar-refractivity contribution in [1.29, 1.82) is 0 Å². The standard InChI is InChI=1S/C44H73N3O8/c1-23(2)8-7-9-29-22-55-39(25(29)4)40(52)42(6,53)33-14-15-44(54)36-35-27(17-41(33,44)5)11-10-26(28-12-13-34(45)46-21-28)18-43(35)19-32(50)31(49)16-30(43)38(51)37(36)47-20-24(3)48/h10-11,23-36,39-40,46,48-50,52-54H,7-9,12-22,45H2,1-6H3. The number of Topliss-reactive ketones (excluding diaryl/α,β-unsaturated/α-hetero) is 1. The fraction of sp³-hybridized carbons (Fsp3) is 0.909. The zero-order valence-electron chi connectivity index (χ0n) is 34.3. The summed E-state index contributed by atoms with van der Waals surface area (Å²) in [5, 5.41) is 75.0. The predicted octanol–water partition coefficient (Wildman–Crippen LogP) is 3.36. The fourth-order valence-electron chi connectivity index (χ4n) is 13.9. The molecule has 7 rings (SSSR count). The third-order valence-electron chi connectivity index (χ3n) is 16.9. The van der Waals surface area contributed by atoms with E-state index in [1.54, 1.807) is 13.8 Å². The number of aliphatic imine (C=N–C) groups is 1. The summed E-state index contributed by atoms with van der Waals surface area (Å²) in [6.07, 6.45) is 7.36. The van der Waals surface area contributed by atoms with E-state index in [1.807, 2.05) is 6.92 Å². The molecule has 55 heavy (non-hydrogen) atoms. The number of ketones is 1. The maximum absolute atomic E-state index is 15.1. The molecule has 0 bridgehead atoms. The summed E-state index contributed by atoms with van der Waals surface area (Å²) in [7, 11) is 0. The SMILES string of the molecule is CC(C)CCCC1COC(C(O)C(C)(O)C2CCC3(O)C4C(=NCC(C)O)C(=O)C5CC(O)C(O)CC56CC(C5CCC(N)NC5)C=CC(CC23C)C46)C1C. The Hall–Kier alpha value is -1.28. The average Bonchev–Trinajstić information content (AvgIpc) is 3.56. The third kappa shape index (κ3) is 6.95. The van der Waals surface area contributed by atoms with Crippen molar-refractivity contribution in [3.63, 3.8) is 0 Å². The highest BCUT2D eigenvalue weighted by Crippen LogP contribution is 2.73. The van der Waals surface area contributed by atoms with Gasteiger partial charge in [-0.1, -0.05) is 52.7 Å². The fourth-order valence-corrected chi connectivity index (χ4v) is 13.9. The van der Waals surface area contributed by atoms with Crippen LogP contribution in [0.1, 0.15) is 112 Å². The van der Waals surface area contributed by atoms with E-state index in [4.69, 9.17) is 15.5 Å². The molecular formula is C44H73N3O8. The van der Waals surface area contributed by atoms with Crippen molar-refractivity contribution in [3.05, 3.63) is 12.2 Å². The summed E-state index contributed by atoms with van der Waals surface area (Å²) in [5.74, 6) is -1.05.